The first kappa shape index (κ1) is 19.0. The molecule has 3 N–H and O–H groups in total. The van der Waals surface area contributed by atoms with Crippen LogP contribution >= 0.6 is 0 Å². The fourth-order valence-electron chi connectivity index (χ4n) is 3.03. The zero-order valence-electron chi connectivity index (χ0n) is 15.6. The number of para-hydroxylation sites is 1. The van der Waals surface area contributed by atoms with Crippen LogP contribution in [0.25, 0.3) is 0 Å². The van der Waals surface area contributed by atoms with Crippen molar-refractivity contribution < 1.29 is 14.8 Å². The second-order valence-electron chi connectivity index (χ2n) is 6.24. The summed E-state index contributed by atoms with van der Waals surface area (Å²) in [6.07, 6.45) is 1.87. The molecule has 1 atom stereocenters. The number of nitrogens with two attached hydrogens (primary N) is 1. The van der Waals surface area contributed by atoms with Crippen LogP contribution in [0.15, 0.2) is 42.5 Å². The zero-order chi connectivity index (χ0) is 18.2. The zero-order valence-corrected chi connectivity index (χ0v) is 15.6. The maximum absolute atomic E-state index is 12.4. The highest BCUT2D eigenvalue weighted by molar-refractivity contribution is 5.93. The lowest BCUT2D eigenvalue weighted by Crippen LogP contribution is -2.87. The Bertz CT molecular complexity index is 696. The molecular weight excluding hydrogens is 312 g/mol. The number of aryl methyl sites for hydroxylation is 2. The van der Waals surface area contributed by atoms with Gasteiger partial charge < -0.3 is 15.4 Å². The van der Waals surface area contributed by atoms with E-state index in [9.17, 15) is 4.79 Å². The largest absolute Gasteiger partial charge is 0.497 e. The molecule has 0 aromatic heterocycles. The van der Waals surface area contributed by atoms with Crippen molar-refractivity contribution in [1.82, 2.24) is 0 Å². The van der Waals surface area contributed by atoms with Gasteiger partial charge in [-0.15, -0.1) is 0 Å². The van der Waals surface area contributed by atoms with Crippen LogP contribution in [0.5, 0.6) is 5.75 Å². The number of nitrogens with one attached hydrogen (secondary N) is 1. The predicted molar refractivity (Wildman–Crippen MR) is 102 cm³/mol. The number of benzene rings is 2. The average molecular weight is 341 g/mol. The molecule has 0 aliphatic rings. The lowest BCUT2D eigenvalue weighted by Gasteiger charge is -2.16. The molecule has 0 saturated carbocycles. The van der Waals surface area contributed by atoms with Crippen LogP contribution in [-0.4, -0.2) is 19.6 Å². The molecule has 0 heterocycles. The molecule has 2 aromatic carbocycles. The third-order valence-electron chi connectivity index (χ3n) is 4.58. The van der Waals surface area contributed by atoms with Crippen LogP contribution in [0.4, 0.5) is 5.69 Å². The van der Waals surface area contributed by atoms with Crippen LogP contribution in [0.2, 0.25) is 0 Å². The highest BCUT2D eigenvalue weighted by Gasteiger charge is 2.16. The molecule has 0 unspecified atom stereocenters. The van der Waals surface area contributed by atoms with Gasteiger partial charge in [-0.3, -0.25) is 4.79 Å². The van der Waals surface area contributed by atoms with Gasteiger partial charge in [0.2, 0.25) is 0 Å². The summed E-state index contributed by atoms with van der Waals surface area (Å²) < 4.78 is 5.21. The standard InChI is InChI=1S/C21H28N2O2/c1-5-16-9-7-8-15(3)21(16)23-20(24)14-22-19(6-2)17-10-12-18(25-4)13-11-17/h7-13,19,22H,5-6,14H2,1-4H3,(H,23,24)/p+1/t19-/m1/s1. The first-order valence-corrected chi connectivity index (χ1v) is 8.94. The van der Waals surface area contributed by atoms with Gasteiger partial charge in [-0.05, 0) is 48.7 Å². The smallest absolute Gasteiger partial charge is 0.279 e. The van der Waals surface area contributed by atoms with E-state index in [4.69, 9.17) is 4.74 Å². The Hall–Kier alpha value is -2.33. The average Bonchev–Trinajstić information content (AvgIpc) is 2.64. The number of quaternary nitrogens is 1. The summed E-state index contributed by atoms with van der Waals surface area (Å²) in [6, 6.07) is 14.5. The quantitative estimate of drug-likeness (QED) is 0.774. The second-order valence-corrected chi connectivity index (χ2v) is 6.24. The van der Waals surface area contributed by atoms with Crippen molar-refractivity contribution in [3.63, 3.8) is 0 Å². The van der Waals surface area contributed by atoms with E-state index >= 15 is 0 Å². The van der Waals surface area contributed by atoms with E-state index in [-0.39, 0.29) is 11.9 Å². The van der Waals surface area contributed by atoms with Crippen molar-refractivity contribution in [3.8, 4) is 5.75 Å². The van der Waals surface area contributed by atoms with Gasteiger partial charge in [-0.2, -0.15) is 0 Å². The number of carbonyl (C=O) groups is 1. The number of hydrogen-bond acceptors (Lipinski definition) is 2. The molecule has 4 heteroatoms. The molecule has 0 radical (unpaired) electrons. The Labute approximate surface area is 150 Å². The van der Waals surface area contributed by atoms with Gasteiger partial charge in [0.1, 0.15) is 11.8 Å². The molecule has 2 aromatic rings. The van der Waals surface area contributed by atoms with Crippen LogP contribution in [0, 0.1) is 6.92 Å². The number of ether oxygens (including phenoxy) is 1. The van der Waals surface area contributed by atoms with Crippen molar-refractivity contribution in [2.24, 2.45) is 0 Å². The summed E-state index contributed by atoms with van der Waals surface area (Å²) in [5, 5.41) is 5.19. The maximum Gasteiger partial charge on any atom is 0.279 e. The van der Waals surface area contributed by atoms with E-state index < -0.39 is 0 Å². The van der Waals surface area contributed by atoms with E-state index in [1.165, 1.54) is 11.1 Å². The number of anilines is 1. The van der Waals surface area contributed by atoms with Gasteiger partial charge >= 0.3 is 0 Å². The summed E-state index contributed by atoms with van der Waals surface area (Å²) in [5.41, 5.74) is 4.45. The fourth-order valence-corrected chi connectivity index (χ4v) is 3.03. The Morgan fingerprint density at radius 1 is 1.16 bits per heavy atom. The number of carbonyl (C=O) groups excluding carboxylic acids is 1. The van der Waals surface area contributed by atoms with Crippen molar-refractivity contribution in [2.45, 2.75) is 39.7 Å². The summed E-state index contributed by atoms with van der Waals surface area (Å²) in [5.74, 6) is 0.888. The molecule has 0 bridgehead atoms. The van der Waals surface area contributed by atoms with Gasteiger partial charge in [-0.25, -0.2) is 0 Å². The molecule has 0 saturated heterocycles. The van der Waals surface area contributed by atoms with Gasteiger partial charge in [0.25, 0.3) is 5.91 Å². The van der Waals surface area contributed by atoms with Gasteiger partial charge in [-0.1, -0.05) is 32.0 Å². The van der Waals surface area contributed by atoms with E-state index in [1.54, 1.807) is 7.11 Å². The molecule has 0 aliphatic heterocycles. The Kier molecular flexibility index (Phi) is 7.02. The Morgan fingerprint density at radius 2 is 1.88 bits per heavy atom. The van der Waals surface area contributed by atoms with Crippen molar-refractivity contribution >= 4 is 11.6 Å². The predicted octanol–water partition coefficient (Wildman–Crippen LogP) is 3.22. The fraction of sp³-hybridized carbons (Fsp3) is 0.381. The van der Waals surface area contributed by atoms with Gasteiger partial charge in [0.05, 0.1) is 7.11 Å². The van der Waals surface area contributed by atoms with E-state index in [1.807, 2.05) is 31.2 Å². The van der Waals surface area contributed by atoms with Gasteiger partial charge in [0.15, 0.2) is 6.54 Å². The van der Waals surface area contributed by atoms with E-state index in [0.717, 1.165) is 29.8 Å². The topological polar surface area (TPSA) is 54.9 Å². The maximum atomic E-state index is 12.4. The molecule has 25 heavy (non-hydrogen) atoms. The Balaban J connectivity index is 1.98. The lowest BCUT2D eigenvalue weighted by molar-refractivity contribution is -0.686. The van der Waals surface area contributed by atoms with E-state index in [2.05, 4.69) is 42.7 Å². The summed E-state index contributed by atoms with van der Waals surface area (Å²) in [7, 11) is 1.67. The molecule has 0 fully saturated rings. The van der Waals surface area contributed by atoms with Crippen molar-refractivity contribution in [2.75, 3.05) is 19.0 Å². The summed E-state index contributed by atoms with van der Waals surface area (Å²) >= 11 is 0. The summed E-state index contributed by atoms with van der Waals surface area (Å²) in [4.78, 5) is 12.4. The minimum atomic E-state index is 0.0379. The normalized spacial score (nSPS) is 11.8. The number of hydrogen-bond donors (Lipinski definition) is 2. The van der Waals surface area contributed by atoms with Crippen molar-refractivity contribution in [3.05, 3.63) is 59.2 Å². The highest BCUT2D eigenvalue weighted by atomic mass is 16.5. The minimum absolute atomic E-state index is 0.0379. The van der Waals surface area contributed by atoms with Crippen molar-refractivity contribution in [1.29, 1.82) is 0 Å². The molecule has 0 spiro atoms. The molecule has 134 valence electrons. The highest BCUT2D eigenvalue weighted by Crippen LogP contribution is 2.21. The lowest BCUT2D eigenvalue weighted by atomic mass is 10.0. The first-order valence-electron chi connectivity index (χ1n) is 8.94. The van der Waals surface area contributed by atoms with Crippen LogP contribution in [0.1, 0.15) is 43.0 Å². The van der Waals surface area contributed by atoms with Crippen LogP contribution in [0.3, 0.4) is 0 Å². The van der Waals surface area contributed by atoms with E-state index in [0.29, 0.717) is 6.54 Å². The second kappa shape index (κ2) is 9.23. The summed E-state index contributed by atoms with van der Waals surface area (Å²) in [6.45, 7) is 6.68. The molecule has 0 aliphatic carbocycles. The SMILES string of the molecule is CCc1cccc(C)c1NC(=O)C[NH2+][C@H](CC)c1ccc(OC)cc1. The molecular formula is C21H29N2O2+. The third-order valence-corrected chi connectivity index (χ3v) is 4.58. The molecule has 2 rings (SSSR count). The van der Waals surface area contributed by atoms with Crippen LogP contribution in [-0.2, 0) is 11.2 Å². The number of rotatable bonds is 8. The Morgan fingerprint density at radius 3 is 2.48 bits per heavy atom. The first-order chi connectivity index (χ1) is 12.1. The third kappa shape index (κ3) is 5.07. The number of methoxy groups -OCH3 is 1. The monoisotopic (exact) mass is 341 g/mol. The molecule has 1 amide bonds. The van der Waals surface area contributed by atoms with Crippen LogP contribution < -0.4 is 15.4 Å². The van der Waals surface area contributed by atoms with Gasteiger partial charge in [0, 0.05) is 17.7 Å². The number of amides is 1. The molecule has 4 nitrogen and oxygen atoms in total. The minimum Gasteiger partial charge on any atom is -0.497 e.